The van der Waals surface area contributed by atoms with Gasteiger partial charge in [0, 0.05) is 6.42 Å². The minimum Gasteiger partial charge on any atom is -0.298 e. The number of aryl methyl sites for hydroxylation is 1. The molecular formula is C21H20N4O2S. The molecule has 142 valence electrons. The molecule has 1 atom stereocenters. The van der Waals surface area contributed by atoms with Crippen LogP contribution >= 0.6 is 11.8 Å². The van der Waals surface area contributed by atoms with E-state index in [1.165, 1.54) is 11.8 Å². The number of carbonyl (C=O) groups excluding carboxylic acids is 1. The molecule has 0 radical (unpaired) electrons. The Kier molecular flexibility index (Phi) is 4.77. The van der Waals surface area contributed by atoms with E-state index in [2.05, 4.69) is 10.2 Å². The van der Waals surface area contributed by atoms with Gasteiger partial charge in [-0.25, -0.2) is 4.57 Å². The standard InChI is InChI=1S/C21H20N4O2S/c1-4-18(26)14(3)28-21-23-22-20-24(15-11-9-13(2)10-12-15)19(27)16-7-5-6-8-17(16)25(20)21/h5-12,14H,4H2,1-3H3. The van der Waals surface area contributed by atoms with Gasteiger partial charge < -0.3 is 0 Å². The van der Waals surface area contributed by atoms with E-state index in [1.54, 1.807) is 10.6 Å². The number of nitrogens with zero attached hydrogens (tertiary/aromatic N) is 4. The van der Waals surface area contributed by atoms with E-state index in [-0.39, 0.29) is 16.6 Å². The summed E-state index contributed by atoms with van der Waals surface area (Å²) < 4.78 is 3.44. The molecule has 2 aromatic carbocycles. The molecule has 4 aromatic rings. The predicted octanol–water partition coefficient (Wildman–Crippen LogP) is 3.80. The quantitative estimate of drug-likeness (QED) is 0.483. The fourth-order valence-corrected chi connectivity index (χ4v) is 4.18. The highest BCUT2D eigenvalue weighted by atomic mass is 32.2. The molecule has 4 rings (SSSR count). The molecule has 7 heteroatoms. The number of fused-ring (bicyclic) bond motifs is 3. The first-order valence-corrected chi connectivity index (χ1v) is 10.0. The van der Waals surface area contributed by atoms with Crippen molar-refractivity contribution in [1.29, 1.82) is 0 Å². The fraction of sp³-hybridized carbons (Fsp3) is 0.238. The predicted molar refractivity (Wildman–Crippen MR) is 111 cm³/mol. The number of hydrogen-bond acceptors (Lipinski definition) is 5. The maximum absolute atomic E-state index is 13.2. The zero-order valence-electron chi connectivity index (χ0n) is 15.9. The maximum Gasteiger partial charge on any atom is 0.267 e. The number of carbonyl (C=O) groups is 1. The normalized spacial score (nSPS) is 12.5. The van der Waals surface area contributed by atoms with Crippen LogP contribution in [0.5, 0.6) is 0 Å². The monoisotopic (exact) mass is 392 g/mol. The van der Waals surface area contributed by atoms with Crippen LogP contribution in [0.25, 0.3) is 22.4 Å². The van der Waals surface area contributed by atoms with Gasteiger partial charge in [0.1, 0.15) is 5.78 Å². The second-order valence-corrected chi connectivity index (χ2v) is 8.00. The molecule has 0 aliphatic heterocycles. The molecule has 2 heterocycles. The topological polar surface area (TPSA) is 69.3 Å². The molecular weight excluding hydrogens is 372 g/mol. The Morgan fingerprint density at radius 1 is 1.11 bits per heavy atom. The van der Waals surface area contributed by atoms with Gasteiger partial charge in [0.2, 0.25) is 5.78 Å². The number of thioether (sulfide) groups is 1. The Morgan fingerprint density at radius 3 is 2.54 bits per heavy atom. The van der Waals surface area contributed by atoms with Crippen molar-refractivity contribution in [3.8, 4) is 5.69 Å². The number of ketones is 1. The van der Waals surface area contributed by atoms with Crippen LogP contribution in [0, 0.1) is 6.92 Å². The third-order valence-corrected chi connectivity index (χ3v) is 5.86. The molecule has 0 saturated carbocycles. The van der Waals surface area contributed by atoms with Crippen LogP contribution in [0.4, 0.5) is 0 Å². The number of benzene rings is 2. The summed E-state index contributed by atoms with van der Waals surface area (Å²) >= 11 is 1.36. The molecule has 28 heavy (non-hydrogen) atoms. The van der Waals surface area contributed by atoms with Crippen molar-refractivity contribution in [2.24, 2.45) is 0 Å². The van der Waals surface area contributed by atoms with Crippen LogP contribution in [0.3, 0.4) is 0 Å². The molecule has 1 unspecified atom stereocenters. The van der Waals surface area contributed by atoms with Crippen LogP contribution in [0.1, 0.15) is 25.8 Å². The number of aromatic nitrogens is 4. The highest BCUT2D eigenvalue weighted by molar-refractivity contribution is 8.00. The Morgan fingerprint density at radius 2 is 1.82 bits per heavy atom. The van der Waals surface area contributed by atoms with E-state index in [9.17, 15) is 9.59 Å². The first-order chi connectivity index (χ1) is 13.5. The highest BCUT2D eigenvalue weighted by Gasteiger charge is 2.21. The number of hydrogen-bond donors (Lipinski definition) is 0. The van der Waals surface area contributed by atoms with E-state index < -0.39 is 0 Å². The summed E-state index contributed by atoms with van der Waals surface area (Å²) in [6, 6.07) is 15.1. The Hall–Kier alpha value is -2.93. The van der Waals surface area contributed by atoms with Gasteiger partial charge in [0.25, 0.3) is 5.56 Å². The van der Waals surface area contributed by atoms with Gasteiger partial charge in [-0.15, -0.1) is 10.2 Å². The van der Waals surface area contributed by atoms with Gasteiger partial charge >= 0.3 is 0 Å². The molecule has 0 spiro atoms. The largest absolute Gasteiger partial charge is 0.298 e. The van der Waals surface area contributed by atoms with Crippen molar-refractivity contribution in [2.45, 2.75) is 37.6 Å². The van der Waals surface area contributed by atoms with E-state index in [0.29, 0.717) is 22.7 Å². The lowest BCUT2D eigenvalue weighted by atomic mass is 10.2. The van der Waals surface area contributed by atoms with Gasteiger partial charge in [-0.3, -0.25) is 14.0 Å². The van der Waals surface area contributed by atoms with Crippen LogP contribution in [-0.2, 0) is 4.79 Å². The molecule has 0 aliphatic carbocycles. The van der Waals surface area contributed by atoms with Gasteiger partial charge in [-0.2, -0.15) is 0 Å². The molecule has 0 bridgehead atoms. The molecule has 0 fully saturated rings. The lowest BCUT2D eigenvalue weighted by Gasteiger charge is -2.12. The highest BCUT2D eigenvalue weighted by Crippen LogP contribution is 2.26. The minimum absolute atomic E-state index is 0.145. The number of para-hydroxylation sites is 1. The average Bonchev–Trinajstić information content (AvgIpc) is 3.12. The van der Waals surface area contributed by atoms with Crippen molar-refractivity contribution in [2.75, 3.05) is 0 Å². The first kappa shape index (κ1) is 18.4. The van der Waals surface area contributed by atoms with E-state index in [0.717, 1.165) is 16.8 Å². The summed E-state index contributed by atoms with van der Waals surface area (Å²) in [4.78, 5) is 25.3. The minimum atomic E-state index is -0.240. The average molecular weight is 392 g/mol. The summed E-state index contributed by atoms with van der Waals surface area (Å²) in [7, 11) is 0. The smallest absolute Gasteiger partial charge is 0.267 e. The number of rotatable bonds is 5. The summed E-state index contributed by atoms with van der Waals surface area (Å²) in [6.07, 6.45) is 0.472. The van der Waals surface area contributed by atoms with E-state index in [4.69, 9.17) is 0 Å². The van der Waals surface area contributed by atoms with Crippen LogP contribution in [0.2, 0.25) is 0 Å². The van der Waals surface area contributed by atoms with Crippen molar-refractivity contribution in [3.63, 3.8) is 0 Å². The van der Waals surface area contributed by atoms with Crippen molar-refractivity contribution in [3.05, 3.63) is 64.4 Å². The summed E-state index contributed by atoms with van der Waals surface area (Å²) in [5.41, 5.74) is 2.43. The molecule has 0 aliphatic rings. The Bertz CT molecular complexity index is 1240. The van der Waals surface area contributed by atoms with Gasteiger partial charge in [0.05, 0.1) is 21.8 Å². The van der Waals surface area contributed by atoms with Crippen molar-refractivity contribution >= 4 is 34.2 Å². The lowest BCUT2D eigenvalue weighted by molar-refractivity contribution is -0.118. The van der Waals surface area contributed by atoms with E-state index in [1.807, 2.05) is 67.6 Å². The SMILES string of the molecule is CCC(=O)C(C)Sc1nnc2n(-c3ccc(C)cc3)c(=O)c3ccccc3n12. The van der Waals surface area contributed by atoms with Crippen LogP contribution in [-0.4, -0.2) is 30.2 Å². The van der Waals surface area contributed by atoms with Crippen LogP contribution in [0.15, 0.2) is 58.5 Å². The molecule has 0 saturated heterocycles. The molecule has 0 amide bonds. The van der Waals surface area contributed by atoms with Gasteiger partial charge in [0.15, 0.2) is 5.16 Å². The Labute approximate surface area is 166 Å². The summed E-state index contributed by atoms with van der Waals surface area (Å²) in [6.45, 7) is 5.72. The third-order valence-electron chi connectivity index (χ3n) is 4.77. The van der Waals surface area contributed by atoms with Crippen molar-refractivity contribution < 1.29 is 4.79 Å². The zero-order chi connectivity index (χ0) is 19.8. The van der Waals surface area contributed by atoms with Crippen molar-refractivity contribution in [1.82, 2.24) is 19.2 Å². The fourth-order valence-electron chi connectivity index (χ4n) is 3.19. The number of Topliss-reactive ketones (excluding diaryl/α,β-unsaturated/α-hetero) is 1. The molecule has 0 N–H and O–H groups in total. The Balaban J connectivity index is 2.02. The second kappa shape index (κ2) is 7.24. The lowest BCUT2D eigenvalue weighted by Crippen LogP contribution is -2.22. The second-order valence-electron chi connectivity index (χ2n) is 6.69. The summed E-state index contributed by atoms with van der Waals surface area (Å²) in [5.74, 6) is 0.587. The zero-order valence-corrected chi connectivity index (χ0v) is 16.7. The third kappa shape index (κ3) is 3.01. The van der Waals surface area contributed by atoms with Crippen LogP contribution < -0.4 is 5.56 Å². The maximum atomic E-state index is 13.2. The van der Waals surface area contributed by atoms with E-state index >= 15 is 0 Å². The molecule has 6 nitrogen and oxygen atoms in total. The summed E-state index contributed by atoms with van der Waals surface area (Å²) in [5, 5.41) is 9.56. The molecule has 2 aromatic heterocycles. The van der Waals surface area contributed by atoms with Gasteiger partial charge in [-0.05, 0) is 38.1 Å². The first-order valence-electron chi connectivity index (χ1n) is 9.16. The van der Waals surface area contributed by atoms with Gasteiger partial charge in [-0.1, -0.05) is 48.5 Å².